The van der Waals surface area contributed by atoms with Gasteiger partial charge in [-0.25, -0.2) is 0 Å². The zero-order valence-electron chi connectivity index (χ0n) is 17.9. The molecule has 7 heteroatoms. The van der Waals surface area contributed by atoms with Gasteiger partial charge >= 0.3 is 0 Å². The number of carbonyl (C=O) groups excluding carboxylic acids is 3. The molecule has 2 aromatic carbocycles. The number of nitrogens with one attached hydrogen (secondary N) is 1. The molecule has 7 nitrogen and oxygen atoms in total. The number of ether oxygens (including phenoxy) is 1. The number of likely N-dealkylation sites (tertiary alicyclic amines) is 1. The Morgan fingerprint density at radius 2 is 1.74 bits per heavy atom. The summed E-state index contributed by atoms with van der Waals surface area (Å²) in [6, 6.07) is 12.5. The number of carbonyl (C=O) groups is 3. The third kappa shape index (κ3) is 4.05. The Morgan fingerprint density at radius 1 is 1.03 bits per heavy atom. The van der Waals surface area contributed by atoms with Crippen LogP contribution in [0.15, 0.2) is 42.5 Å². The standard InChI is InChI=1S/C24H27N3O4/c1-26-23(29)17-11-10-16(14-19(17)24(26)30)22(28)25-15-20(27-12-6-3-7-13-27)18-8-4-5-9-21(18)31-2/h4-5,8-11,14,20H,3,6-7,12-13,15H2,1-2H3,(H,25,28). The predicted octanol–water partition coefficient (Wildman–Crippen LogP) is 2.88. The highest BCUT2D eigenvalue weighted by Crippen LogP contribution is 2.31. The zero-order chi connectivity index (χ0) is 22.0. The van der Waals surface area contributed by atoms with Crippen LogP contribution in [-0.2, 0) is 0 Å². The lowest BCUT2D eigenvalue weighted by Crippen LogP contribution is -2.40. The zero-order valence-corrected chi connectivity index (χ0v) is 17.9. The van der Waals surface area contributed by atoms with Crippen molar-refractivity contribution >= 4 is 17.7 Å². The minimum Gasteiger partial charge on any atom is -0.496 e. The third-order valence-electron chi connectivity index (χ3n) is 6.14. The molecule has 0 saturated carbocycles. The molecule has 1 saturated heterocycles. The number of para-hydroxylation sites is 1. The molecule has 0 radical (unpaired) electrons. The molecular weight excluding hydrogens is 394 g/mol. The number of benzene rings is 2. The number of amides is 3. The topological polar surface area (TPSA) is 79.0 Å². The number of hydrogen-bond acceptors (Lipinski definition) is 5. The molecule has 4 rings (SSSR count). The Balaban J connectivity index is 1.54. The Labute approximate surface area is 182 Å². The Kier molecular flexibility index (Phi) is 6.04. The van der Waals surface area contributed by atoms with E-state index in [-0.39, 0.29) is 29.3 Å². The van der Waals surface area contributed by atoms with Gasteiger partial charge in [-0.1, -0.05) is 24.6 Å². The van der Waals surface area contributed by atoms with E-state index in [9.17, 15) is 14.4 Å². The van der Waals surface area contributed by atoms with Gasteiger partial charge in [-0.2, -0.15) is 0 Å². The van der Waals surface area contributed by atoms with E-state index in [0.29, 0.717) is 17.7 Å². The van der Waals surface area contributed by atoms with Gasteiger partial charge in [0.05, 0.1) is 24.3 Å². The highest BCUT2D eigenvalue weighted by atomic mass is 16.5. The summed E-state index contributed by atoms with van der Waals surface area (Å²) < 4.78 is 5.58. The van der Waals surface area contributed by atoms with Crippen LogP contribution in [0.3, 0.4) is 0 Å². The fourth-order valence-electron chi connectivity index (χ4n) is 4.40. The van der Waals surface area contributed by atoms with Crippen molar-refractivity contribution in [3.63, 3.8) is 0 Å². The molecule has 2 heterocycles. The Hall–Kier alpha value is -3.19. The van der Waals surface area contributed by atoms with Crippen molar-refractivity contribution in [2.45, 2.75) is 25.3 Å². The van der Waals surface area contributed by atoms with Crippen molar-refractivity contribution < 1.29 is 19.1 Å². The summed E-state index contributed by atoms with van der Waals surface area (Å²) in [5, 5.41) is 3.03. The minimum atomic E-state index is -0.380. The average Bonchev–Trinajstić information content (AvgIpc) is 3.03. The van der Waals surface area contributed by atoms with Gasteiger partial charge in [0.2, 0.25) is 0 Å². The smallest absolute Gasteiger partial charge is 0.261 e. The van der Waals surface area contributed by atoms with E-state index in [1.54, 1.807) is 19.2 Å². The number of rotatable bonds is 6. The summed E-state index contributed by atoms with van der Waals surface area (Å²) >= 11 is 0. The van der Waals surface area contributed by atoms with Gasteiger partial charge in [0, 0.05) is 24.7 Å². The first-order valence-corrected chi connectivity index (χ1v) is 10.6. The van der Waals surface area contributed by atoms with Gasteiger partial charge in [0.1, 0.15) is 5.75 Å². The van der Waals surface area contributed by atoms with Crippen LogP contribution in [0.5, 0.6) is 5.75 Å². The van der Waals surface area contributed by atoms with Gasteiger partial charge in [-0.3, -0.25) is 24.2 Å². The van der Waals surface area contributed by atoms with Crippen LogP contribution in [0, 0.1) is 0 Å². The Morgan fingerprint density at radius 3 is 2.48 bits per heavy atom. The number of imide groups is 1. The molecule has 0 aliphatic carbocycles. The van der Waals surface area contributed by atoms with Gasteiger partial charge in [0.25, 0.3) is 17.7 Å². The van der Waals surface area contributed by atoms with E-state index >= 15 is 0 Å². The largest absolute Gasteiger partial charge is 0.496 e. The van der Waals surface area contributed by atoms with E-state index in [2.05, 4.69) is 10.2 Å². The molecule has 0 bridgehead atoms. The second-order valence-corrected chi connectivity index (χ2v) is 7.99. The van der Waals surface area contributed by atoms with Crippen LogP contribution in [-0.4, -0.2) is 61.3 Å². The molecule has 1 fully saturated rings. The number of nitrogens with zero attached hydrogens (tertiary/aromatic N) is 2. The van der Waals surface area contributed by atoms with Crippen LogP contribution < -0.4 is 10.1 Å². The van der Waals surface area contributed by atoms with Crippen LogP contribution in [0.4, 0.5) is 0 Å². The molecule has 0 spiro atoms. The maximum absolute atomic E-state index is 12.9. The molecule has 162 valence electrons. The second-order valence-electron chi connectivity index (χ2n) is 7.99. The van der Waals surface area contributed by atoms with E-state index in [1.165, 1.54) is 19.5 Å². The number of hydrogen-bond donors (Lipinski definition) is 1. The first-order valence-electron chi connectivity index (χ1n) is 10.6. The van der Waals surface area contributed by atoms with E-state index in [1.807, 2.05) is 24.3 Å². The molecule has 31 heavy (non-hydrogen) atoms. The fraction of sp³-hybridized carbons (Fsp3) is 0.375. The predicted molar refractivity (Wildman–Crippen MR) is 116 cm³/mol. The lowest BCUT2D eigenvalue weighted by atomic mass is 10.00. The number of fused-ring (bicyclic) bond motifs is 1. The summed E-state index contributed by atoms with van der Waals surface area (Å²) in [5.74, 6) is -0.185. The summed E-state index contributed by atoms with van der Waals surface area (Å²) in [4.78, 5) is 40.7. The van der Waals surface area contributed by atoms with E-state index in [0.717, 1.165) is 42.1 Å². The van der Waals surface area contributed by atoms with Gasteiger partial charge in [0.15, 0.2) is 0 Å². The molecule has 1 N–H and O–H groups in total. The van der Waals surface area contributed by atoms with Crippen molar-refractivity contribution in [1.82, 2.24) is 15.1 Å². The monoisotopic (exact) mass is 421 g/mol. The highest BCUT2D eigenvalue weighted by Gasteiger charge is 2.33. The number of methoxy groups -OCH3 is 1. The fourth-order valence-corrected chi connectivity index (χ4v) is 4.40. The van der Waals surface area contributed by atoms with Crippen molar-refractivity contribution in [2.24, 2.45) is 0 Å². The van der Waals surface area contributed by atoms with Crippen LogP contribution in [0.1, 0.15) is 61.9 Å². The van der Waals surface area contributed by atoms with Crippen LogP contribution >= 0.6 is 0 Å². The van der Waals surface area contributed by atoms with Gasteiger partial charge in [-0.15, -0.1) is 0 Å². The molecule has 1 atom stereocenters. The SMILES string of the molecule is COc1ccccc1C(CNC(=O)c1ccc2c(c1)C(=O)N(C)C2=O)N1CCCCC1. The minimum absolute atomic E-state index is 0.0100. The lowest BCUT2D eigenvalue weighted by molar-refractivity contribution is 0.0693. The van der Waals surface area contributed by atoms with Crippen molar-refractivity contribution in [2.75, 3.05) is 33.8 Å². The maximum Gasteiger partial charge on any atom is 0.261 e. The van der Waals surface area contributed by atoms with Crippen molar-refractivity contribution in [3.05, 3.63) is 64.7 Å². The quantitative estimate of drug-likeness (QED) is 0.726. The molecule has 3 amide bonds. The molecule has 1 unspecified atom stereocenters. The average molecular weight is 421 g/mol. The summed E-state index contributed by atoms with van der Waals surface area (Å²) in [6.07, 6.45) is 3.49. The molecule has 2 aliphatic rings. The highest BCUT2D eigenvalue weighted by molar-refractivity contribution is 6.21. The molecule has 0 aromatic heterocycles. The molecular formula is C24H27N3O4. The van der Waals surface area contributed by atoms with Crippen LogP contribution in [0.2, 0.25) is 0 Å². The first-order chi connectivity index (χ1) is 15.0. The number of piperidine rings is 1. The normalized spacial score (nSPS) is 17.4. The second kappa shape index (κ2) is 8.89. The van der Waals surface area contributed by atoms with Crippen LogP contribution in [0.25, 0.3) is 0 Å². The maximum atomic E-state index is 12.9. The lowest BCUT2D eigenvalue weighted by Gasteiger charge is -2.35. The third-order valence-corrected chi connectivity index (χ3v) is 6.14. The Bertz CT molecular complexity index is 1010. The van der Waals surface area contributed by atoms with Gasteiger partial charge < -0.3 is 10.1 Å². The summed E-state index contributed by atoms with van der Waals surface area (Å²) in [5.41, 5.74) is 2.03. The van der Waals surface area contributed by atoms with Crippen molar-refractivity contribution in [3.8, 4) is 5.75 Å². The van der Waals surface area contributed by atoms with Crippen molar-refractivity contribution in [1.29, 1.82) is 0 Å². The van der Waals surface area contributed by atoms with E-state index in [4.69, 9.17) is 4.74 Å². The van der Waals surface area contributed by atoms with Gasteiger partial charge in [-0.05, 0) is 50.2 Å². The van der Waals surface area contributed by atoms with E-state index < -0.39 is 0 Å². The molecule has 2 aliphatic heterocycles. The summed E-state index contributed by atoms with van der Waals surface area (Å²) in [7, 11) is 3.10. The molecule has 2 aromatic rings. The summed E-state index contributed by atoms with van der Waals surface area (Å²) in [6.45, 7) is 2.36. The first kappa shape index (κ1) is 21.1.